The predicted molar refractivity (Wildman–Crippen MR) is 55.8 cm³/mol. The van der Waals surface area contributed by atoms with Crippen molar-refractivity contribution in [2.45, 2.75) is 6.92 Å². The van der Waals surface area contributed by atoms with E-state index in [9.17, 15) is 4.79 Å². The van der Waals surface area contributed by atoms with Gasteiger partial charge in [0.2, 0.25) is 0 Å². The molecule has 0 aromatic carbocycles. The van der Waals surface area contributed by atoms with Crippen LogP contribution in [-0.2, 0) is 4.74 Å². The highest BCUT2D eigenvalue weighted by Gasteiger charge is 2.20. The monoisotopic (exact) mass is 226 g/mol. The summed E-state index contributed by atoms with van der Waals surface area (Å²) in [6.45, 7) is 3.41. The molecule has 4 nitrogen and oxygen atoms in total. The first-order valence-corrected chi connectivity index (χ1v) is 5.06. The number of nitrogens with zero attached hydrogens (tertiary/aromatic N) is 2. The lowest BCUT2D eigenvalue weighted by atomic mass is 10.2. The molecule has 5 heteroatoms. The minimum Gasteiger partial charge on any atom is -0.359 e. The van der Waals surface area contributed by atoms with E-state index in [0.29, 0.717) is 30.6 Å². The maximum absolute atomic E-state index is 11.9. The minimum absolute atomic E-state index is 0.0556. The maximum Gasteiger partial charge on any atom is 0.255 e. The van der Waals surface area contributed by atoms with E-state index in [1.165, 1.54) is 0 Å². The smallest absolute Gasteiger partial charge is 0.255 e. The van der Waals surface area contributed by atoms with Crippen molar-refractivity contribution in [2.24, 2.45) is 0 Å². The zero-order valence-corrected chi connectivity index (χ0v) is 9.12. The van der Waals surface area contributed by atoms with Gasteiger partial charge in [0.15, 0.2) is 0 Å². The average molecular weight is 227 g/mol. The average Bonchev–Trinajstić information content (AvgIpc) is 2.67. The summed E-state index contributed by atoms with van der Waals surface area (Å²) in [6.07, 6.45) is 0. The number of carbonyl (C=O) groups excluding carboxylic acids is 1. The molecule has 0 spiro atoms. The van der Waals surface area contributed by atoms with Gasteiger partial charge in [-0.15, -0.1) is 0 Å². The molecular weight excluding hydrogens is 216 g/mol. The summed E-state index contributed by atoms with van der Waals surface area (Å²) in [5.41, 5.74) is 1.31. The van der Waals surface area contributed by atoms with Crippen LogP contribution in [0, 0.1) is 6.92 Å². The molecule has 0 radical (unpaired) electrons. The van der Waals surface area contributed by atoms with Gasteiger partial charge in [0, 0.05) is 17.8 Å². The number of hydrogen-bond acceptors (Lipinski definition) is 3. The molecule has 1 saturated heterocycles. The van der Waals surface area contributed by atoms with Crippen molar-refractivity contribution in [2.75, 3.05) is 19.9 Å². The van der Waals surface area contributed by atoms with Gasteiger partial charge >= 0.3 is 0 Å². The molecule has 15 heavy (non-hydrogen) atoms. The third kappa shape index (κ3) is 2.27. The number of amides is 1. The number of aromatic nitrogens is 1. The lowest BCUT2D eigenvalue weighted by Crippen LogP contribution is -2.28. The number of rotatable bonds is 1. The first-order valence-electron chi connectivity index (χ1n) is 4.68. The molecule has 1 fully saturated rings. The Kier molecular flexibility index (Phi) is 2.88. The van der Waals surface area contributed by atoms with Crippen LogP contribution in [0.25, 0.3) is 0 Å². The molecule has 0 N–H and O–H groups in total. The summed E-state index contributed by atoms with van der Waals surface area (Å²) in [5, 5.41) is 0.346. The summed E-state index contributed by atoms with van der Waals surface area (Å²) in [5.74, 6) is -0.0556. The van der Waals surface area contributed by atoms with Crippen LogP contribution in [0.1, 0.15) is 16.1 Å². The first-order chi connectivity index (χ1) is 7.16. The van der Waals surface area contributed by atoms with Gasteiger partial charge in [-0.05, 0) is 19.1 Å². The van der Waals surface area contributed by atoms with Crippen LogP contribution >= 0.6 is 11.6 Å². The molecule has 1 amide bonds. The maximum atomic E-state index is 11.9. The summed E-state index contributed by atoms with van der Waals surface area (Å²) < 4.78 is 5.12. The minimum atomic E-state index is -0.0556. The summed E-state index contributed by atoms with van der Waals surface area (Å²) in [6, 6.07) is 3.31. The van der Waals surface area contributed by atoms with Gasteiger partial charge in [0.05, 0.1) is 6.61 Å². The van der Waals surface area contributed by atoms with Crippen LogP contribution in [0.5, 0.6) is 0 Å². The summed E-state index contributed by atoms with van der Waals surface area (Å²) in [7, 11) is 0. The lowest BCUT2D eigenvalue weighted by Gasteiger charge is -2.13. The fourth-order valence-corrected chi connectivity index (χ4v) is 1.76. The molecule has 80 valence electrons. The Morgan fingerprint density at radius 3 is 3.00 bits per heavy atom. The highest BCUT2D eigenvalue weighted by molar-refractivity contribution is 6.29. The molecule has 0 atom stereocenters. The highest BCUT2D eigenvalue weighted by atomic mass is 35.5. The molecule has 0 bridgehead atoms. The quantitative estimate of drug-likeness (QED) is 0.681. The van der Waals surface area contributed by atoms with Crippen molar-refractivity contribution < 1.29 is 9.53 Å². The molecule has 1 aromatic heterocycles. The van der Waals surface area contributed by atoms with Crippen LogP contribution in [0.4, 0.5) is 0 Å². The van der Waals surface area contributed by atoms with Crippen molar-refractivity contribution in [1.82, 2.24) is 9.88 Å². The van der Waals surface area contributed by atoms with E-state index in [1.807, 2.05) is 6.92 Å². The van der Waals surface area contributed by atoms with Crippen LogP contribution in [0.15, 0.2) is 12.1 Å². The molecule has 1 aromatic rings. The fourth-order valence-electron chi connectivity index (χ4n) is 1.51. The Labute approximate surface area is 92.8 Å². The van der Waals surface area contributed by atoms with Crippen molar-refractivity contribution >= 4 is 17.5 Å². The van der Waals surface area contributed by atoms with Gasteiger partial charge in [-0.3, -0.25) is 4.79 Å². The van der Waals surface area contributed by atoms with Crippen LogP contribution < -0.4 is 0 Å². The van der Waals surface area contributed by atoms with Crippen molar-refractivity contribution in [1.29, 1.82) is 0 Å². The van der Waals surface area contributed by atoms with E-state index in [0.717, 1.165) is 5.69 Å². The van der Waals surface area contributed by atoms with E-state index in [4.69, 9.17) is 16.3 Å². The van der Waals surface area contributed by atoms with Gasteiger partial charge in [-0.25, -0.2) is 4.98 Å². The zero-order valence-electron chi connectivity index (χ0n) is 8.36. The van der Waals surface area contributed by atoms with E-state index >= 15 is 0 Å². The molecule has 1 aliphatic rings. The second kappa shape index (κ2) is 4.16. The van der Waals surface area contributed by atoms with Crippen LogP contribution in [-0.4, -0.2) is 35.7 Å². The van der Waals surface area contributed by atoms with E-state index in [2.05, 4.69) is 4.98 Å². The topological polar surface area (TPSA) is 42.4 Å². The van der Waals surface area contributed by atoms with Gasteiger partial charge in [0.1, 0.15) is 11.9 Å². The Bertz CT molecular complexity index is 369. The van der Waals surface area contributed by atoms with Crippen molar-refractivity contribution in [3.63, 3.8) is 0 Å². The van der Waals surface area contributed by atoms with Gasteiger partial charge in [0.25, 0.3) is 5.91 Å². The van der Waals surface area contributed by atoms with Gasteiger partial charge in [-0.1, -0.05) is 11.6 Å². The molecule has 0 unspecified atom stereocenters. The Morgan fingerprint density at radius 2 is 2.40 bits per heavy atom. The SMILES string of the molecule is Cc1cc(C(=O)N2CCOC2)cc(Cl)n1. The number of hydrogen-bond donors (Lipinski definition) is 0. The highest BCUT2D eigenvalue weighted by Crippen LogP contribution is 2.14. The Morgan fingerprint density at radius 1 is 1.60 bits per heavy atom. The zero-order chi connectivity index (χ0) is 10.8. The predicted octanol–water partition coefficient (Wildman–Crippen LogP) is 1.47. The normalized spacial score (nSPS) is 15.7. The third-order valence-electron chi connectivity index (χ3n) is 2.21. The summed E-state index contributed by atoms with van der Waals surface area (Å²) >= 11 is 5.79. The second-order valence-corrected chi connectivity index (χ2v) is 3.81. The van der Waals surface area contributed by atoms with E-state index in [-0.39, 0.29) is 5.91 Å². The largest absolute Gasteiger partial charge is 0.359 e. The number of ether oxygens (including phenoxy) is 1. The molecular formula is C10H11ClN2O2. The molecule has 2 rings (SSSR count). The van der Waals surface area contributed by atoms with Gasteiger partial charge < -0.3 is 9.64 Å². The molecule has 1 aliphatic heterocycles. The van der Waals surface area contributed by atoms with E-state index < -0.39 is 0 Å². The Balaban J connectivity index is 2.24. The lowest BCUT2D eigenvalue weighted by molar-refractivity contribution is 0.0694. The number of aryl methyl sites for hydroxylation is 1. The van der Waals surface area contributed by atoms with Crippen molar-refractivity contribution in [3.05, 3.63) is 28.5 Å². The number of pyridine rings is 1. The second-order valence-electron chi connectivity index (χ2n) is 3.43. The standard InChI is InChI=1S/C10H11ClN2O2/c1-7-4-8(5-9(11)12-7)10(14)13-2-3-15-6-13/h4-5H,2-3,6H2,1H3. The molecule has 0 aliphatic carbocycles. The fraction of sp³-hybridized carbons (Fsp3) is 0.400. The molecule has 0 saturated carbocycles. The number of halogens is 1. The van der Waals surface area contributed by atoms with E-state index in [1.54, 1.807) is 17.0 Å². The Hall–Kier alpha value is -1.13. The van der Waals surface area contributed by atoms with Crippen LogP contribution in [0.3, 0.4) is 0 Å². The van der Waals surface area contributed by atoms with Crippen LogP contribution in [0.2, 0.25) is 5.15 Å². The third-order valence-corrected chi connectivity index (χ3v) is 2.40. The number of carbonyl (C=O) groups is 1. The first kappa shape index (κ1) is 10.4. The van der Waals surface area contributed by atoms with Gasteiger partial charge in [-0.2, -0.15) is 0 Å². The molecule has 2 heterocycles. The summed E-state index contributed by atoms with van der Waals surface area (Å²) in [4.78, 5) is 17.6. The van der Waals surface area contributed by atoms with Crippen molar-refractivity contribution in [3.8, 4) is 0 Å².